The van der Waals surface area contributed by atoms with Crippen molar-refractivity contribution in [1.82, 2.24) is 10.2 Å². The molecule has 1 rings (SSSR count). The molecule has 1 unspecified atom stereocenters. The van der Waals surface area contributed by atoms with Gasteiger partial charge in [0.2, 0.25) is 11.8 Å². The van der Waals surface area contributed by atoms with E-state index in [0.29, 0.717) is 13.1 Å². The molecule has 0 saturated heterocycles. The summed E-state index contributed by atoms with van der Waals surface area (Å²) in [6.45, 7) is 5.00. The van der Waals surface area contributed by atoms with Crippen molar-refractivity contribution in [2.45, 2.75) is 26.4 Å². The lowest BCUT2D eigenvalue weighted by molar-refractivity contribution is -0.125. The van der Waals surface area contributed by atoms with E-state index >= 15 is 0 Å². The number of nitrogens with zero attached hydrogens (tertiary/aromatic N) is 1. The van der Waals surface area contributed by atoms with Crippen LogP contribution in [0.1, 0.15) is 19.4 Å². The highest BCUT2D eigenvalue weighted by Gasteiger charge is 2.21. The molecule has 0 radical (unpaired) electrons. The Morgan fingerprint density at radius 1 is 1.29 bits per heavy atom. The molecule has 2 amide bonds. The summed E-state index contributed by atoms with van der Waals surface area (Å²) in [5.74, 6) is -0.245. The van der Waals surface area contributed by atoms with Crippen molar-refractivity contribution in [2.24, 2.45) is 5.73 Å². The first-order chi connectivity index (χ1) is 10.0. The second-order valence-electron chi connectivity index (χ2n) is 4.80. The molecule has 0 aliphatic rings. The van der Waals surface area contributed by atoms with Gasteiger partial charge >= 0.3 is 0 Å². The molecular weight excluding hydrogens is 268 g/mol. The molecule has 1 atom stereocenters. The molecule has 1 aromatic rings. The van der Waals surface area contributed by atoms with E-state index in [1.165, 1.54) is 0 Å². The topological polar surface area (TPSA) is 87.5 Å². The monoisotopic (exact) mass is 292 g/mol. The third-order valence-electron chi connectivity index (χ3n) is 3.42. The average molecular weight is 292 g/mol. The van der Waals surface area contributed by atoms with Crippen molar-refractivity contribution in [2.75, 3.05) is 25.5 Å². The maximum absolute atomic E-state index is 12.2. The number of benzene rings is 1. The number of nitrogens with one attached hydrogen (secondary N) is 2. The second kappa shape index (κ2) is 8.39. The van der Waals surface area contributed by atoms with Crippen molar-refractivity contribution in [1.29, 1.82) is 0 Å². The maximum atomic E-state index is 12.2. The van der Waals surface area contributed by atoms with Gasteiger partial charge in [-0.25, -0.2) is 0 Å². The number of anilines is 1. The molecule has 21 heavy (non-hydrogen) atoms. The number of carbonyl (C=O) groups is 2. The number of amides is 2. The smallest absolute Gasteiger partial charge is 0.241 e. The van der Waals surface area contributed by atoms with Gasteiger partial charge in [-0.1, -0.05) is 19.1 Å². The summed E-state index contributed by atoms with van der Waals surface area (Å²) in [6.07, 6.45) is 0. The number of carbonyl (C=O) groups excluding carboxylic acids is 2. The van der Waals surface area contributed by atoms with Gasteiger partial charge in [0.05, 0.1) is 12.6 Å². The van der Waals surface area contributed by atoms with Crippen molar-refractivity contribution in [3.05, 3.63) is 29.8 Å². The summed E-state index contributed by atoms with van der Waals surface area (Å²) < 4.78 is 0. The largest absolute Gasteiger partial charge is 0.358 e. The van der Waals surface area contributed by atoms with Crippen LogP contribution in [0.25, 0.3) is 0 Å². The van der Waals surface area contributed by atoms with Crippen LogP contribution in [0, 0.1) is 0 Å². The molecule has 4 N–H and O–H groups in total. The lowest BCUT2D eigenvalue weighted by Crippen LogP contribution is -2.46. The lowest BCUT2D eigenvalue weighted by Gasteiger charge is -2.26. The fourth-order valence-corrected chi connectivity index (χ4v) is 1.92. The van der Waals surface area contributed by atoms with Gasteiger partial charge in [-0.3, -0.25) is 14.5 Å². The van der Waals surface area contributed by atoms with Crippen LogP contribution < -0.4 is 16.4 Å². The van der Waals surface area contributed by atoms with Gasteiger partial charge in [0.15, 0.2) is 0 Å². The highest BCUT2D eigenvalue weighted by Crippen LogP contribution is 2.10. The first-order valence-corrected chi connectivity index (χ1v) is 7.06. The van der Waals surface area contributed by atoms with Crippen LogP contribution in [0.3, 0.4) is 0 Å². The van der Waals surface area contributed by atoms with Gasteiger partial charge in [-0.15, -0.1) is 0 Å². The SMILES string of the molecule is CCN(CC(=O)NC)C(C)C(=O)Nc1ccc(CN)cc1. The van der Waals surface area contributed by atoms with Crippen LogP contribution in [0.5, 0.6) is 0 Å². The fraction of sp³-hybridized carbons (Fsp3) is 0.467. The van der Waals surface area contributed by atoms with E-state index < -0.39 is 0 Å². The third-order valence-corrected chi connectivity index (χ3v) is 3.42. The summed E-state index contributed by atoms with van der Waals surface area (Å²) >= 11 is 0. The Hall–Kier alpha value is -1.92. The van der Waals surface area contributed by atoms with E-state index in [1.807, 2.05) is 36.1 Å². The Morgan fingerprint density at radius 2 is 1.90 bits per heavy atom. The standard InChI is InChI=1S/C15H24N4O2/c1-4-19(10-14(20)17-3)11(2)15(21)18-13-7-5-12(9-16)6-8-13/h5-8,11H,4,9-10,16H2,1-3H3,(H,17,20)(H,18,21). The number of likely N-dealkylation sites (N-methyl/N-ethyl adjacent to an activating group) is 2. The Bertz CT molecular complexity index is 473. The van der Waals surface area contributed by atoms with Gasteiger partial charge in [0, 0.05) is 19.3 Å². The predicted octanol–water partition coefficient (Wildman–Crippen LogP) is 0.540. The molecule has 0 bridgehead atoms. The van der Waals surface area contributed by atoms with Crippen LogP contribution in [-0.4, -0.2) is 42.9 Å². The Kier molecular flexibility index (Phi) is 6.84. The Morgan fingerprint density at radius 3 is 2.38 bits per heavy atom. The van der Waals surface area contributed by atoms with Gasteiger partial charge in [-0.2, -0.15) is 0 Å². The molecule has 0 aromatic heterocycles. The van der Waals surface area contributed by atoms with E-state index in [2.05, 4.69) is 10.6 Å². The second-order valence-corrected chi connectivity index (χ2v) is 4.80. The number of nitrogens with two attached hydrogens (primary N) is 1. The average Bonchev–Trinajstić information content (AvgIpc) is 2.52. The summed E-state index contributed by atoms with van der Waals surface area (Å²) in [7, 11) is 1.58. The quantitative estimate of drug-likeness (QED) is 0.684. The molecule has 0 aliphatic carbocycles. The highest BCUT2D eigenvalue weighted by molar-refractivity contribution is 5.94. The van der Waals surface area contributed by atoms with E-state index in [9.17, 15) is 9.59 Å². The van der Waals surface area contributed by atoms with Gasteiger partial charge < -0.3 is 16.4 Å². The molecule has 0 heterocycles. The fourth-order valence-electron chi connectivity index (χ4n) is 1.92. The highest BCUT2D eigenvalue weighted by atomic mass is 16.2. The maximum Gasteiger partial charge on any atom is 0.241 e. The van der Waals surface area contributed by atoms with Gasteiger partial charge in [-0.05, 0) is 31.2 Å². The van der Waals surface area contributed by atoms with E-state index in [-0.39, 0.29) is 24.4 Å². The molecule has 0 aliphatic heterocycles. The molecule has 0 saturated carbocycles. The van der Waals surface area contributed by atoms with Gasteiger partial charge in [0.1, 0.15) is 0 Å². The van der Waals surface area contributed by atoms with Crippen molar-refractivity contribution in [3.63, 3.8) is 0 Å². The van der Waals surface area contributed by atoms with Gasteiger partial charge in [0.25, 0.3) is 0 Å². The molecule has 1 aromatic carbocycles. The lowest BCUT2D eigenvalue weighted by atomic mass is 10.2. The van der Waals surface area contributed by atoms with Crippen LogP contribution in [0.4, 0.5) is 5.69 Å². The Labute approximate surface area is 125 Å². The molecule has 6 heteroatoms. The minimum Gasteiger partial charge on any atom is -0.358 e. The number of hydrogen-bond donors (Lipinski definition) is 3. The van der Waals surface area contributed by atoms with Crippen LogP contribution in [-0.2, 0) is 16.1 Å². The van der Waals surface area contributed by atoms with Crippen LogP contribution in [0.2, 0.25) is 0 Å². The normalized spacial score (nSPS) is 12.0. The predicted molar refractivity (Wildman–Crippen MR) is 83.7 cm³/mol. The van der Waals surface area contributed by atoms with Crippen LogP contribution >= 0.6 is 0 Å². The molecule has 0 fully saturated rings. The zero-order valence-corrected chi connectivity index (χ0v) is 12.8. The third kappa shape index (κ3) is 5.17. The zero-order chi connectivity index (χ0) is 15.8. The van der Waals surface area contributed by atoms with Crippen molar-refractivity contribution >= 4 is 17.5 Å². The van der Waals surface area contributed by atoms with Crippen LogP contribution in [0.15, 0.2) is 24.3 Å². The summed E-state index contributed by atoms with van der Waals surface area (Å²) in [6, 6.07) is 7.01. The minimum absolute atomic E-state index is 0.108. The first-order valence-electron chi connectivity index (χ1n) is 7.06. The molecule has 0 spiro atoms. The summed E-state index contributed by atoms with van der Waals surface area (Å²) in [5.41, 5.74) is 7.27. The molecule has 116 valence electrons. The molecule has 6 nitrogen and oxygen atoms in total. The minimum atomic E-state index is -0.388. The first kappa shape index (κ1) is 17.1. The Balaban J connectivity index is 2.65. The summed E-state index contributed by atoms with van der Waals surface area (Å²) in [4.78, 5) is 25.5. The van der Waals surface area contributed by atoms with E-state index in [1.54, 1.807) is 14.0 Å². The van der Waals surface area contributed by atoms with E-state index in [0.717, 1.165) is 11.3 Å². The van der Waals surface area contributed by atoms with E-state index in [4.69, 9.17) is 5.73 Å². The van der Waals surface area contributed by atoms with Crippen molar-refractivity contribution in [3.8, 4) is 0 Å². The number of rotatable bonds is 7. The summed E-state index contributed by atoms with van der Waals surface area (Å²) in [5, 5.41) is 5.41. The number of hydrogen-bond acceptors (Lipinski definition) is 4. The van der Waals surface area contributed by atoms with Crippen molar-refractivity contribution < 1.29 is 9.59 Å². The molecular formula is C15H24N4O2. The zero-order valence-electron chi connectivity index (χ0n) is 12.8.